The van der Waals surface area contributed by atoms with Crippen molar-refractivity contribution in [1.82, 2.24) is 5.32 Å². The second-order valence-corrected chi connectivity index (χ2v) is 9.70. The van der Waals surface area contributed by atoms with Crippen LogP contribution in [0.1, 0.15) is 67.2 Å². The van der Waals surface area contributed by atoms with Crippen molar-refractivity contribution in [2.45, 2.75) is 76.7 Å². The lowest BCUT2D eigenvalue weighted by Crippen LogP contribution is -2.67. The first kappa shape index (κ1) is 25.8. The lowest BCUT2D eigenvalue weighted by molar-refractivity contribution is -0.180. The van der Waals surface area contributed by atoms with Gasteiger partial charge in [-0.25, -0.2) is 18.0 Å². The lowest BCUT2D eigenvalue weighted by Gasteiger charge is -2.45. The van der Waals surface area contributed by atoms with Gasteiger partial charge in [-0.15, -0.1) is 0 Å². The summed E-state index contributed by atoms with van der Waals surface area (Å²) in [5.41, 5.74) is 0.877. The van der Waals surface area contributed by atoms with Crippen molar-refractivity contribution < 1.29 is 27.9 Å². The van der Waals surface area contributed by atoms with Gasteiger partial charge in [0.25, 0.3) is 5.92 Å². The number of carboxylic acids is 1. The number of carboxylic acid groups (broad SMARTS) is 1. The summed E-state index contributed by atoms with van der Waals surface area (Å²) < 4.78 is 42.1. The summed E-state index contributed by atoms with van der Waals surface area (Å²) in [6.07, 6.45) is 0.769. The number of benzene rings is 2. The van der Waals surface area contributed by atoms with Crippen LogP contribution in [-0.2, 0) is 16.0 Å². The van der Waals surface area contributed by atoms with E-state index in [1.54, 1.807) is 26.0 Å². The van der Waals surface area contributed by atoms with Crippen LogP contribution in [0.15, 0.2) is 42.5 Å². The average molecular weight is 476 g/mol. The summed E-state index contributed by atoms with van der Waals surface area (Å²) in [6.45, 7) is 5.23. The summed E-state index contributed by atoms with van der Waals surface area (Å²) >= 11 is 0. The van der Waals surface area contributed by atoms with Gasteiger partial charge in [-0.3, -0.25) is 4.79 Å². The van der Waals surface area contributed by atoms with Gasteiger partial charge in [0, 0.05) is 18.8 Å². The highest BCUT2D eigenvalue weighted by atomic mass is 19.3. The zero-order chi connectivity index (χ0) is 25.1. The molecule has 184 valence electrons. The first-order valence-corrected chi connectivity index (χ1v) is 11.7. The first-order chi connectivity index (χ1) is 15.9. The van der Waals surface area contributed by atoms with Crippen LogP contribution in [0, 0.1) is 25.6 Å². The van der Waals surface area contributed by atoms with Gasteiger partial charge in [0.2, 0.25) is 5.91 Å². The molecule has 3 rings (SSSR count). The molecule has 34 heavy (non-hydrogen) atoms. The number of halogens is 3. The molecule has 1 amide bonds. The third-order valence-corrected chi connectivity index (χ3v) is 6.82. The van der Waals surface area contributed by atoms with Gasteiger partial charge in [0.15, 0.2) is 0 Å². The molecule has 0 heterocycles. The van der Waals surface area contributed by atoms with E-state index in [4.69, 9.17) is 0 Å². The number of hydrogen-bond acceptors (Lipinski definition) is 2. The standard InChI is InChI=1S/C27H32F3NO3/c1-17-13-18(2)23(28)22(14-17)19(3)21(12-8-7-11-20-9-5-4-6-10-20)24(32)31-26(25(33)34)15-27(29,30)16-26/h4-6,9-10,13-14,19,21H,7-8,11-12,15-16H2,1-3H3,(H,31,32)(H,33,34). The molecule has 7 heteroatoms. The number of hydrogen-bond donors (Lipinski definition) is 2. The Morgan fingerprint density at radius 2 is 1.74 bits per heavy atom. The SMILES string of the molecule is Cc1cc(C)c(F)c(C(C)C(CCCCc2ccccc2)C(=O)NC2(C(=O)O)CC(F)(F)C2)c1. The molecule has 0 saturated heterocycles. The van der Waals surface area contributed by atoms with Gasteiger partial charge in [-0.1, -0.05) is 61.4 Å². The molecule has 2 atom stereocenters. The summed E-state index contributed by atoms with van der Waals surface area (Å²) in [7, 11) is 0. The normalized spacial score (nSPS) is 17.9. The van der Waals surface area contributed by atoms with E-state index in [1.165, 1.54) is 5.56 Å². The number of amides is 1. The Balaban J connectivity index is 1.79. The fraction of sp³-hybridized carbons (Fsp3) is 0.481. The maximum Gasteiger partial charge on any atom is 0.329 e. The van der Waals surface area contributed by atoms with Crippen LogP contribution in [0.2, 0.25) is 0 Å². The van der Waals surface area contributed by atoms with Crippen molar-refractivity contribution in [3.8, 4) is 0 Å². The minimum atomic E-state index is -3.12. The van der Waals surface area contributed by atoms with E-state index in [-0.39, 0.29) is 0 Å². The smallest absolute Gasteiger partial charge is 0.329 e. The highest BCUT2D eigenvalue weighted by Gasteiger charge is 2.62. The Bertz CT molecular complexity index is 1030. The molecular formula is C27H32F3NO3. The van der Waals surface area contributed by atoms with E-state index in [0.717, 1.165) is 18.4 Å². The van der Waals surface area contributed by atoms with Crippen molar-refractivity contribution >= 4 is 11.9 Å². The number of carbonyl (C=O) groups is 2. The highest BCUT2D eigenvalue weighted by Crippen LogP contribution is 2.46. The van der Waals surface area contributed by atoms with Crippen molar-refractivity contribution in [2.75, 3.05) is 0 Å². The zero-order valence-electron chi connectivity index (χ0n) is 19.8. The number of unbranched alkanes of at least 4 members (excludes halogenated alkanes) is 1. The van der Waals surface area contributed by atoms with Crippen LogP contribution < -0.4 is 5.32 Å². The molecule has 1 aliphatic carbocycles. The number of aliphatic carboxylic acids is 1. The van der Waals surface area contributed by atoms with Crippen LogP contribution in [-0.4, -0.2) is 28.4 Å². The van der Waals surface area contributed by atoms with E-state index >= 15 is 0 Å². The molecule has 2 aromatic rings. The minimum absolute atomic E-state index is 0.379. The molecule has 2 aromatic carbocycles. The number of rotatable bonds is 10. The Hall–Kier alpha value is -2.83. The summed E-state index contributed by atoms with van der Waals surface area (Å²) in [6, 6.07) is 13.3. The number of aryl methyl sites for hydroxylation is 3. The van der Waals surface area contributed by atoms with Gasteiger partial charge in [0.1, 0.15) is 11.4 Å². The average Bonchev–Trinajstić information content (AvgIpc) is 2.74. The number of nitrogens with one attached hydrogen (secondary N) is 1. The molecule has 1 fully saturated rings. The van der Waals surface area contributed by atoms with Crippen molar-refractivity contribution in [3.05, 3.63) is 70.5 Å². The van der Waals surface area contributed by atoms with Gasteiger partial charge < -0.3 is 10.4 Å². The second kappa shape index (κ2) is 10.2. The minimum Gasteiger partial charge on any atom is -0.479 e. The monoisotopic (exact) mass is 475 g/mol. The molecule has 2 unspecified atom stereocenters. The van der Waals surface area contributed by atoms with E-state index in [0.29, 0.717) is 24.0 Å². The molecule has 1 saturated carbocycles. The molecule has 0 aromatic heterocycles. The van der Waals surface area contributed by atoms with Crippen LogP contribution in [0.25, 0.3) is 0 Å². The van der Waals surface area contributed by atoms with E-state index in [2.05, 4.69) is 5.32 Å². The molecule has 1 aliphatic rings. The fourth-order valence-corrected chi connectivity index (χ4v) is 4.93. The molecule has 4 nitrogen and oxygen atoms in total. The quantitative estimate of drug-likeness (QED) is 0.418. The summed E-state index contributed by atoms with van der Waals surface area (Å²) in [5.74, 6) is -6.92. The molecule has 0 radical (unpaired) electrons. The molecular weight excluding hydrogens is 443 g/mol. The Labute approximate surface area is 198 Å². The predicted molar refractivity (Wildman–Crippen MR) is 124 cm³/mol. The van der Waals surface area contributed by atoms with Crippen LogP contribution in [0.5, 0.6) is 0 Å². The largest absolute Gasteiger partial charge is 0.479 e. The Morgan fingerprint density at radius 1 is 1.09 bits per heavy atom. The summed E-state index contributed by atoms with van der Waals surface area (Å²) in [4.78, 5) is 25.0. The maximum absolute atomic E-state index is 15.0. The van der Waals surface area contributed by atoms with Crippen LogP contribution in [0.4, 0.5) is 13.2 Å². The second-order valence-electron chi connectivity index (χ2n) is 9.70. The fourth-order valence-electron chi connectivity index (χ4n) is 4.93. The lowest BCUT2D eigenvalue weighted by atomic mass is 9.72. The Kier molecular flexibility index (Phi) is 7.74. The number of alkyl halides is 2. The van der Waals surface area contributed by atoms with Crippen LogP contribution >= 0.6 is 0 Å². The molecule has 0 spiro atoms. The third kappa shape index (κ3) is 5.80. The van der Waals surface area contributed by atoms with E-state index in [1.807, 2.05) is 37.3 Å². The molecule has 0 aliphatic heterocycles. The van der Waals surface area contributed by atoms with Crippen LogP contribution in [0.3, 0.4) is 0 Å². The zero-order valence-corrected chi connectivity index (χ0v) is 19.8. The van der Waals surface area contributed by atoms with E-state index < -0.39 is 53.8 Å². The topological polar surface area (TPSA) is 66.4 Å². The van der Waals surface area contributed by atoms with Crippen molar-refractivity contribution in [2.24, 2.45) is 5.92 Å². The third-order valence-electron chi connectivity index (χ3n) is 6.82. The Morgan fingerprint density at radius 3 is 2.32 bits per heavy atom. The van der Waals surface area contributed by atoms with Gasteiger partial charge in [-0.05, 0) is 55.7 Å². The van der Waals surface area contributed by atoms with Crippen molar-refractivity contribution in [1.29, 1.82) is 0 Å². The molecule has 2 N–H and O–H groups in total. The van der Waals surface area contributed by atoms with Gasteiger partial charge in [0.05, 0.1) is 0 Å². The summed E-state index contributed by atoms with van der Waals surface area (Å²) in [5, 5.41) is 12.0. The molecule has 0 bridgehead atoms. The highest BCUT2D eigenvalue weighted by molar-refractivity contribution is 5.89. The first-order valence-electron chi connectivity index (χ1n) is 11.7. The van der Waals surface area contributed by atoms with E-state index in [9.17, 15) is 27.9 Å². The van der Waals surface area contributed by atoms with Gasteiger partial charge >= 0.3 is 5.97 Å². The van der Waals surface area contributed by atoms with Gasteiger partial charge in [-0.2, -0.15) is 0 Å². The van der Waals surface area contributed by atoms with Crippen molar-refractivity contribution in [3.63, 3.8) is 0 Å². The number of carbonyl (C=O) groups excluding carboxylic acids is 1. The maximum atomic E-state index is 15.0. The predicted octanol–water partition coefficient (Wildman–Crippen LogP) is 5.94.